The Morgan fingerprint density at radius 3 is 2.18 bits per heavy atom. The molecule has 0 saturated carbocycles. The first-order chi connectivity index (χ1) is 36.5. The quantitative estimate of drug-likeness (QED) is 0.0367. The van der Waals surface area contributed by atoms with E-state index in [1.165, 1.54) is 29.2 Å². The van der Waals surface area contributed by atoms with Crippen molar-refractivity contribution in [3.63, 3.8) is 0 Å². The number of aryl methyl sites for hydroxylation is 2. The van der Waals surface area contributed by atoms with Crippen LogP contribution in [0, 0.1) is 25.5 Å². The van der Waals surface area contributed by atoms with E-state index in [1.807, 2.05) is 115 Å². The van der Waals surface area contributed by atoms with Crippen molar-refractivity contribution in [2.45, 2.75) is 126 Å². The number of aromatic amines is 1. The molecule has 2 unspecified atom stereocenters. The zero-order chi connectivity index (χ0) is 56.3. The Balaban J connectivity index is 0.00000207. The van der Waals surface area contributed by atoms with Crippen molar-refractivity contribution >= 4 is 47.8 Å². The van der Waals surface area contributed by atoms with Crippen LogP contribution < -0.4 is 25.9 Å². The molecule has 1 fully saturated rings. The molecule has 14 heteroatoms. The zero-order valence-corrected chi connectivity index (χ0v) is 47.8. The van der Waals surface area contributed by atoms with Gasteiger partial charge in [0.25, 0.3) is 5.91 Å². The van der Waals surface area contributed by atoms with Gasteiger partial charge in [0.1, 0.15) is 18.4 Å². The van der Waals surface area contributed by atoms with Gasteiger partial charge in [0.2, 0.25) is 6.41 Å². The molecule has 4 aromatic rings. The van der Waals surface area contributed by atoms with E-state index in [0.717, 1.165) is 91.3 Å². The highest BCUT2D eigenvalue weighted by Crippen LogP contribution is 2.34. The fraction of sp³-hybridized carbons (Fsp3) is 0.435. The maximum atomic E-state index is 16.0. The van der Waals surface area contributed by atoms with E-state index < -0.39 is 0 Å². The standard InChI is InChI=1S/C56H72F2N8O3.C3H8.C2H6.CH2O/c1-38(32-40(3)53(24-27-63(7)8)60-26-19-52-39(2)18-25-59-52)36-65-28-20-46(21-29-65)55-41(4)33-47(34-51(55)58)56(68)64(9)49-15-12-44(13-16-49)45-22-30-66(31-23-45)54-17-14-48(35-50(54)57)62-42(5)10-11-43(6)69-61-37-67;1-3-2;2*1-2/h12-20,24-27,32-35,37,42-43,45,59-60,62H,10-11,21-23,28-31,36H2,1-9H3,(H,61,67);3H2,1-2H3;1-2H3;1H2/b26-19-,27-24-,38-32+,53-40-;;;. The Hall–Kier alpha value is -6.77. The van der Waals surface area contributed by atoms with E-state index in [0.29, 0.717) is 42.1 Å². The van der Waals surface area contributed by atoms with Crippen LogP contribution in [0.1, 0.15) is 138 Å². The minimum absolute atomic E-state index is 0.0972. The first kappa shape index (κ1) is 63.5. The van der Waals surface area contributed by atoms with Gasteiger partial charge in [0.05, 0.1) is 11.8 Å². The normalized spacial score (nSPS) is 15.2. The number of benzene rings is 3. The topological polar surface area (TPSA) is 125 Å². The van der Waals surface area contributed by atoms with Gasteiger partial charge >= 0.3 is 0 Å². The zero-order valence-electron chi connectivity index (χ0n) is 47.8. The lowest BCUT2D eigenvalue weighted by molar-refractivity contribution is -0.125. The molecular formula is C62H88F2N8O4. The summed E-state index contributed by atoms with van der Waals surface area (Å²) in [6.45, 7) is 26.2. The molecule has 2 aliphatic rings. The first-order valence-corrected chi connectivity index (χ1v) is 26.9. The second kappa shape index (κ2) is 33.3. The summed E-state index contributed by atoms with van der Waals surface area (Å²) in [5.74, 6) is -0.591. The van der Waals surface area contributed by atoms with Crippen LogP contribution in [0.5, 0.6) is 0 Å². The van der Waals surface area contributed by atoms with E-state index in [9.17, 15) is 9.59 Å². The average molecular weight is 1050 g/mol. The number of anilines is 3. The summed E-state index contributed by atoms with van der Waals surface area (Å²) in [6.07, 6.45) is 20.0. The largest absolute Gasteiger partial charge is 0.383 e. The average Bonchev–Trinajstić information content (AvgIpc) is 3.83. The second-order valence-electron chi connectivity index (χ2n) is 19.7. The molecule has 0 spiro atoms. The Morgan fingerprint density at radius 1 is 0.921 bits per heavy atom. The van der Waals surface area contributed by atoms with Gasteiger partial charge in [-0.25, -0.2) is 14.3 Å². The van der Waals surface area contributed by atoms with E-state index in [4.69, 9.17) is 9.63 Å². The van der Waals surface area contributed by atoms with Gasteiger partial charge in [-0.1, -0.05) is 64.0 Å². The molecule has 2 amide bonds. The highest BCUT2D eigenvalue weighted by atomic mass is 19.1. The number of aromatic nitrogens is 1. The monoisotopic (exact) mass is 1050 g/mol. The Kier molecular flexibility index (Phi) is 27.8. The summed E-state index contributed by atoms with van der Waals surface area (Å²) < 4.78 is 31.4. The fourth-order valence-corrected chi connectivity index (χ4v) is 9.21. The lowest BCUT2D eigenvalue weighted by atomic mass is 9.89. The van der Waals surface area contributed by atoms with Crippen LogP contribution in [-0.4, -0.2) is 99.9 Å². The summed E-state index contributed by atoms with van der Waals surface area (Å²) in [5.41, 5.74) is 13.7. The molecule has 1 saturated heterocycles. The molecule has 414 valence electrons. The smallest absolute Gasteiger partial charge is 0.258 e. The van der Waals surface area contributed by atoms with Crippen molar-refractivity contribution in [1.29, 1.82) is 0 Å². The minimum atomic E-state index is -0.378. The van der Waals surface area contributed by atoms with Crippen LogP contribution in [0.15, 0.2) is 114 Å². The van der Waals surface area contributed by atoms with Crippen LogP contribution in [0.25, 0.3) is 11.6 Å². The van der Waals surface area contributed by atoms with E-state index in [1.54, 1.807) is 18.0 Å². The number of H-pyrrole nitrogens is 1. The number of carbonyl (C=O) groups is 3. The number of nitrogens with one attached hydrogen (secondary N) is 4. The third kappa shape index (κ3) is 19.7. The van der Waals surface area contributed by atoms with Gasteiger partial charge in [-0.05, 0) is 168 Å². The molecule has 76 heavy (non-hydrogen) atoms. The summed E-state index contributed by atoms with van der Waals surface area (Å²) in [6, 6.07) is 18.7. The number of hydrogen-bond donors (Lipinski definition) is 4. The molecule has 12 nitrogen and oxygen atoms in total. The number of allylic oxidation sites excluding steroid dienone is 3. The highest BCUT2D eigenvalue weighted by Gasteiger charge is 2.25. The maximum Gasteiger partial charge on any atom is 0.258 e. The number of carbonyl (C=O) groups excluding carboxylic acids is 3. The summed E-state index contributed by atoms with van der Waals surface area (Å²) in [7, 11) is 5.73. The molecule has 3 aromatic carbocycles. The Morgan fingerprint density at radius 2 is 1.61 bits per heavy atom. The van der Waals surface area contributed by atoms with E-state index >= 15 is 8.78 Å². The minimum Gasteiger partial charge on any atom is -0.383 e. The van der Waals surface area contributed by atoms with Crippen molar-refractivity contribution in [2.75, 3.05) is 69.0 Å². The summed E-state index contributed by atoms with van der Waals surface area (Å²) in [4.78, 5) is 48.7. The van der Waals surface area contributed by atoms with Crippen molar-refractivity contribution in [2.24, 2.45) is 0 Å². The fourth-order valence-electron chi connectivity index (χ4n) is 9.21. The second-order valence-corrected chi connectivity index (χ2v) is 19.7. The van der Waals surface area contributed by atoms with Crippen molar-refractivity contribution in [3.8, 4) is 0 Å². The molecule has 0 bridgehead atoms. The van der Waals surface area contributed by atoms with E-state index in [2.05, 4.69) is 102 Å². The Labute approximate surface area is 454 Å². The number of halogens is 2. The lowest BCUT2D eigenvalue weighted by Crippen LogP contribution is -2.33. The van der Waals surface area contributed by atoms with Gasteiger partial charge in [0.15, 0.2) is 0 Å². The number of nitrogens with zero attached hydrogens (tertiary/aromatic N) is 4. The van der Waals surface area contributed by atoms with Crippen molar-refractivity contribution in [3.05, 3.63) is 159 Å². The highest BCUT2D eigenvalue weighted by molar-refractivity contribution is 6.06. The molecule has 4 N–H and O–H groups in total. The van der Waals surface area contributed by atoms with Gasteiger partial charge in [-0.15, -0.1) is 0 Å². The van der Waals surface area contributed by atoms with Gasteiger partial charge in [-0.3, -0.25) is 19.3 Å². The van der Waals surface area contributed by atoms with Crippen LogP contribution in [0.4, 0.5) is 25.8 Å². The molecule has 0 radical (unpaired) electrons. The van der Waals surface area contributed by atoms with Gasteiger partial charge < -0.3 is 35.1 Å². The number of piperidine rings is 1. The van der Waals surface area contributed by atoms with Crippen molar-refractivity contribution in [1.82, 2.24) is 25.6 Å². The maximum absolute atomic E-state index is 16.0. The van der Waals surface area contributed by atoms with Gasteiger partial charge in [-0.2, -0.15) is 0 Å². The van der Waals surface area contributed by atoms with E-state index in [-0.39, 0.29) is 29.7 Å². The molecular weight excluding hydrogens is 959 g/mol. The van der Waals surface area contributed by atoms with Gasteiger partial charge in [0, 0.05) is 112 Å². The molecule has 2 aliphatic heterocycles. The number of hydrogen-bond acceptors (Lipinski definition) is 9. The van der Waals surface area contributed by atoms with Crippen LogP contribution in [0.3, 0.4) is 0 Å². The van der Waals surface area contributed by atoms with Crippen LogP contribution >= 0.6 is 0 Å². The number of hydroxylamine groups is 1. The van der Waals surface area contributed by atoms with Crippen LogP contribution in [-0.2, 0) is 14.4 Å². The van der Waals surface area contributed by atoms with Crippen LogP contribution in [0.2, 0.25) is 0 Å². The molecule has 6 rings (SSSR count). The molecule has 0 aliphatic carbocycles. The third-order valence-electron chi connectivity index (χ3n) is 13.1. The summed E-state index contributed by atoms with van der Waals surface area (Å²) >= 11 is 0. The first-order valence-electron chi connectivity index (χ1n) is 26.9. The SMILES string of the molecule is C=O.CC.CC(/C=C(\C)CN1CC=C(c2c(C)cc(C(=O)N(C)c3ccc(C4CCN(c5ccc(NC(C)CCC(C)ONC=O)cc5F)CC4)cc3)cc2F)CC1)=C(\C=C/N(C)C)N/C=C\c1[nH]ccc1C.CCC. The molecule has 2 atom stereocenters. The number of rotatable bonds is 21. The predicted octanol–water partition coefficient (Wildman–Crippen LogP) is 13.1. The lowest BCUT2D eigenvalue weighted by Gasteiger charge is -2.34. The van der Waals surface area contributed by atoms with Crippen molar-refractivity contribution < 1.29 is 28.0 Å². The molecule has 1 aromatic heterocycles. The number of amides is 2. The Bertz CT molecular complexity index is 2550. The predicted molar refractivity (Wildman–Crippen MR) is 313 cm³/mol. The molecule has 3 heterocycles. The third-order valence-corrected chi connectivity index (χ3v) is 13.1. The summed E-state index contributed by atoms with van der Waals surface area (Å²) in [5, 5.41) is 6.83.